The average molecular weight is 618 g/mol. The first kappa shape index (κ1) is 35.8. The monoisotopic (exact) mass is 617 g/mol. The molecule has 0 aromatic heterocycles. The fourth-order valence-electron chi connectivity index (χ4n) is 4.30. The molecule has 0 radical (unpaired) electrons. The molecule has 0 aliphatic rings. The number of carbonyl (C=O) groups is 3. The Hall–Kier alpha value is -4.41. The van der Waals surface area contributed by atoms with Crippen LogP contribution >= 0.6 is 0 Å². The number of nitrogens with zero attached hydrogens (tertiary/aromatic N) is 1. The van der Waals surface area contributed by atoms with Gasteiger partial charge in [0, 0.05) is 12.1 Å². The first-order valence-corrected chi connectivity index (χ1v) is 13.7. The maximum absolute atomic E-state index is 13.5. The van der Waals surface area contributed by atoms with Crippen molar-refractivity contribution < 1.29 is 37.4 Å². The van der Waals surface area contributed by atoms with E-state index in [-0.39, 0.29) is 17.9 Å². The number of aliphatic hydroxyl groups excluding tert-OH is 1. The van der Waals surface area contributed by atoms with Crippen LogP contribution < -0.4 is 26.4 Å². The van der Waals surface area contributed by atoms with E-state index in [1.165, 1.54) is 24.3 Å². The van der Waals surface area contributed by atoms with Gasteiger partial charge in [0.05, 0.1) is 12.6 Å². The van der Waals surface area contributed by atoms with Crippen LogP contribution in [-0.2, 0) is 20.9 Å². The van der Waals surface area contributed by atoms with Crippen molar-refractivity contribution in [3.8, 4) is 11.8 Å². The van der Waals surface area contributed by atoms with Gasteiger partial charge in [0.25, 0.3) is 5.91 Å². The molecule has 10 nitrogen and oxygen atoms in total. The number of hydrogen-bond donors (Lipinski definition) is 5. The molecule has 13 heteroatoms. The first-order chi connectivity index (χ1) is 20.4. The van der Waals surface area contributed by atoms with E-state index in [4.69, 9.17) is 10.5 Å². The zero-order chi connectivity index (χ0) is 33.3. The SMILES string of the molecule is Cc1ccc(CNC(=O)[C@H](COc2cccc(C=C(C#N)C(=O)NC(C)(C)C)c2)C(NCC(F)(F)F)(C(N)=O)C(C)O)cc1. The molecule has 44 heavy (non-hydrogen) atoms. The Labute approximate surface area is 254 Å². The van der Waals surface area contributed by atoms with Gasteiger partial charge >= 0.3 is 6.18 Å². The summed E-state index contributed by atoms with van der Waals surface area (Å²) in [5, 5.41) is 27.4. The summed E-state index contributed by atoms with van der Waals surface area (Å²) in [4.78, 5) is 38.7. The number of halogens is 3. The van der Waals surface area contributed by atoms with Gasteiger partial charge in [0.15, 0.2) is 0 Å². The molecule has 2 aromatic carbocycles. The largest absolute Gasteiger partial charge is 0.493 e. The number of nitrogens with one attached hydrogen (secondary N) is 3. The van der Waals surface area contributed by atoms with E-state index < -0.39 is 60.1 Å². The van der Waals surface area contributed by atoms with Crippen molar-refractivity contribution in [2.24, 2.45) is 11.7 Å². The summed E-state index contributed by atoms with van der Waals surface area (Å²) in [5.41, 5.74) is 4.21. The van der Waals surface area contributed by atoms with Crippen LogP contribution in [0.2, 0.25) is 0 Å². The van der Waals surface area contributed by atoms with Crippen LogP contribution in [0, 0.1) is 24.2 Å². The molecule has 0 fully saturated rings. The van der Waals surface area contributed by atoms with Gasteiger partial charge in [-0.25, -0.2) is 0 Å². The normalized spacial score (nSPS) is 14.9. The van der Waals surface area contributed by atoms with Gasteiger partial charge in [-0.1, -0.05) is 42.0 Å². The lowest BCUT2D eigenvalue weighted by molar-refractivity contribution is -0.153. The van der Waals surface area contributed by atoms with Crippen LogP contribution in [0.15, 0.2) is 54.1 Å². The Bertz CT molecular complexity index is 1400. The minimum Gasteiger partial charge on any atom is -0.493 e. The first-order valence-electron chi connectivity index (χ1n) is 13.7. The highest BCUT2D eigenvalue weighted by molar-refractivity contribution is 6.02. The standard InChI is InChI=1S/C31H38F3N5O5/c1-19-9-11-21(12-10-19)16-37-27(42)25(31(20(2)40,28(36)43)38-18-30(32,33)34)17-44-24-8-6-7-22(14-24)13-23(15-35)26(41)39-29(3,4)5/h6-14,20,25,38,40H,16-18H2,1-5H3,(H2,36,43)(H,37,42)(H,39,41)/t20?,25-,31?/m0/s1. The Balaban J connectivity index is 2.44. The number of ether oxygens (including phenoxy) is 1. The van der Waals surface area contributed by atoms with Gasteiger partial charge in [0.2, 0.25) is 11.8 Å². The van der Waals surface area contributed by atoms with Crippen LogP contribution in [0.5, 0.6) is 5.75 Å². The third kappa shape index (κ3) is 10.4. The highest BCUT2D eigenvalue weighted by Gasteiger charge is 2.53. The number of alkyl halides is 3. The summed E-state index contributed by atoms with van der Waals surface area (Å²) < 4.78 is 45.6. The third-order valence-corrected chi connectivity index (χ3v) is 6.54. The fraction of sp³-hybridized carbons (Fsp3) is 0.419. The Morgan fingerprint density at radius 3 is 2.27 bits per heavy atom. The topological polar surface area (TPSA) is 167 Å². The predicted octanol–water partition coefficient (Wildman–Crippen LogP) is 2.88. The quantitative estimate of drug-likeness (QED) is 0.170. The smallest absolute Gasteiger partial charge is 0.401 e. The Morgan fingerprint density at radius 1 is 1.11 bits per heavy atom. The number of rotatable bonds is 13. The van der Waals surface area contributed by atoms with Crippen LogP contribution in [0.1, 0.15) is 44.4 Å². The average Bonchev–Trinajstić information content (AvgIpc) is 2.91. The zero-order valence-corrected chi connectivity index (χ0v) is 25.2. The molecule has 3 atom stereocenters. The molecule has 0 spiro atoms. The number of carbonyl (C=O) groups excluding carboxylic acids is 3. The maximum Gasteiger partial charge on any atom is 0.401 e. The molecule has 0 heterocycles. The fourth-order valence-corrected chi connectivity index (χ4v) is 4.30. The van der Waals surface area contributed by atoms with Crippen molar-refractivity contribution in [2.45, 2.75) is 64.5 Å². The number of benzene rings is 2. The van der Waals surface area contributed by atoms with Crippen LogP contribution in [0.4, 0.5) is 13.2 Å². The molecule has 2 aromatic rings. The van der Waals surface area contributed by atoms with Gasteiger partial charge < -0.3 is 26.2 Å². The van der Waals surface area contributed by atoms with Crippen molar-refractivity contribution in [3.63, 3.8) is 0 Å². The van der Waals surface area contributed by atoms with Crippen molar-refractivity contribution in [1.82, 2.24) is 16.0 Å². The predicted molar refractivity (Wildman–Crippen MR) is 158 cm³/mol. The van der Waals surface area contributed by atoms with Crippen molar-refractivity contribution in [1.29, 1.82) is 5.26 Å². The highest BCUT2D eigenvalue weighted by Crippen LogP contribution is 2.27. The molecule has 0 aliphatic heterocycles. The van der Waals surface area contributed by atoms with E-state index in [1.54, 1.807) is 39.0 Å². The summed E-state index contributed by atoms with van der Waals surface area (Å²) in [6.07, 6.45) is -5.35. The summed E-state index contributed by atoms with van der Waals surface area (Å²) >= 11 is 0. The number of hydrogen-bond acceptors (Lipinski definition) is 7. The summed E-state index contributed by atoms with van der Waals surface area (Å²) in [5.74, 6) is -4.53. The zero-order valence-electron chi connectivity index (χ0n) is 25.2. The molecule has 0 bridgehead atoms. The number of aliphatic hydroxyl groups is 1. The van der Waals surface area contributed by atoms with Gasteiger partial charge in [-0.15, -0.1) is 0 Å². The van der Waals surface area contributed by atoms with Crippen LogP contribution in [-0.4, -0.2) is 59.3 Å². The Morgan fingerprint density at radius 2 is 1.75 bits per heavy atom. The number of amides is 3. The highest BCUT2D eigenvalue weighted by atomic mass is 19.4. The molecule has 0 saturated heterocycles. The van der Waals surface area contributed by atoms with E-state index in [9.17, 15) is 37.9 Å². The summed E-state index contributed by atoms with van der Waals surface area (Å²) in [6, 6.07) is 15.0. The van der Waals surface area contributed by atoms with Crippen molar-refractivity contribution in [3.05, 3.63) is 70.8 Å². The minimum atomic E-state index is -4.81. The maximum atomic E-state index is 13.5. The number of aryl methyl sites for hydroxylation is 1. The Kier molecular flexibility index (Phi) is 12.1. The molecular weight excluding hydrogens is 579 g/mol. The molecular formula is C31H38F3N5O5. The molecule has 2 rings (SSSR count). The molecule has 238 valence electrons. The number of nitriles is 1. The second-order valence-corrected chi connectivity index (χ2v) is 11.4. The van der Waals surface area contributed by atoms with Crippen LogP contribution in [0.3, 0.4) is 0 Å². The summed E-state index contributed by atoms with van der Waals surface area (Å²) in [7, 11) is 0. The van der Waals surface area contributed by atoms with Gasteiger partial charge in [-0.2, -0.15) is 18.4 Å². The lowest BCUT2D eigenvalue weighted by atomic mass is 9.78. The van der Waals surface area contributed by atoms with E-state index in [1.807, 2.05) is 30.4 Å². The van der Waals surface area contributed by atoms with Crippen LogP contribution in [0.25, 0.3) is 6.08 Å². The third-order valence-electron chi connectivity index (χ3n) is 6.54. The lowest BCUT2D eigenvalue weighted by Gasteiger charge is -2.40. The second kappa shape index (κ2) is 14.9. The second-order valence-electron chi connectivity index (χ2n) is 11.4. The summed E-state index contributed by atoms with van der Waals surface area (Å²) in [6.45, 7) is 5.75. The van der Waals surface area contributed by atoms with E-state index >= 15 is 0 Å². The van der Waals surface area contributed by atoms with Gasteiger partial charge in [-0.05, 0) is 64.0 Å². The number of nitrogens with two attached hydrogens (primary N) is 1. The molecule has 0 aliphatic carbocycles. The van der Waals surface area contributed by atoms with Gasteiger partial charge in [0.1, 0.15) is 35.5 Å². The molecule has 6 N–H and O–H groups in total. The number of primary amides is 1. The molecule has 0 saturated carbocycles. The van der Waals surface area contributed by atoms with E-state index in [0.29, 0.717) is 11.1 Å². The van der Waals surface area contributed by atoms with Crippen molar-refractivity contribution in [2.75, 3.05) is 13.2 Å². The molecule has 2 unspecified atom stereocenters. The lowest BCUT2D eigenvalue weighted by Crippen LogP contribution is -2.71. The molecule has 3 amide bonds. The van der Waals surface area contributed by atoms with Gasteiger partial charge in [-0.3, -0.25) is 19.7 Å². The van der Waals surface area contributed by atoms with E-state index in [2.05, 4.69) is 10.6 Å². The van der Waals surface area contributed by atoms with Crippen molar-refractivity contribution >= 4 is 23.8 Å². The van der Waals surface area contributed by atoms with E-state index in [0.717, 1.165) is 12.5 Å². The minimum absolute atomic E-state index is 0.0304.